The Morgan fingerprint density at radius 3 is 2.23 bits per heavy atom. The van der Waals surface area contributed by atoms with Gasteiger partial charge in [-0.15, -0.1) is 45.6 Å². The number of alkyl halides is 1. The van der Waals surface area contributed by atoms with Crippen molar-refractivity contribution in [1.82, 2.24) is 15.0 Å². The normalized spacial score (nSPS) is 21.3. The van der Waals surface area contributed by atoms with Crippen LogP contribution >= 0.6 is 68.8 Å². The SMILES string of the molecule is CCCCC(O)c1cncc(CC[C@H]2C(Cl)CC(O)[C@@H]2CCCc2nc(F)c(C(=O)OC)s2)c1.COC(=O)CCc1cc(C[C@H]2C(O)CC(=O)[C@@H]2CCc2cc(C)c(CCO)c(C)n2)ccc1C#N.COc1cc(COC[C@H]2C(O)C=C(Cl)[C@@H]2CCc2cc(CO)c(Cl)s2)sc1C(=O)O. The van der Waals surface area contributed by atoms with E-state index in [1.165, 1.54) is 32.7 Å². The summed E-state index contributed by atoms with van der Waals surface area (Å²) in [5, 5.41) is 80.3. The molecule has 1 aromatic carbocycles. The van der Waals surface area contributed by atoms with Crippen molar-refractivity contribution in [3.8, 4) is 11.8 Å². The quantitative estimate of drug-likeness (QED) is 0.0152. The van der Waals surface area contributed by atoms with Gasteiger partial charge in [0.2, 0.25) is 5.95 Å². The Morgan fingerprint density at radius 1 is 0.798 bits per heavy atom. The van der Waals surface area contributed by atoms with E-state index in [4.69, 9.17) is 49.0 Å². The summed E-state index contributed by atoms with van der Waals surface area (Å²) in [4.78, 5) is 61.8. The number of Topliss-reactive ketones (excluding diaryl/α,β-unsaturated/α-hetero) is 1. The molecule has 19 nitrogen and oxygen atoms in total. The van der Waals surface area contributed by atoms with Gasteiger partial charge in [0, 0.05) is 86.7 Å². The fourth-order valence-electron chi connectivity index (χ4n) is 13.5. The number of methoxy groups -OCH3 is 3. The van der Waals surface area contributed by atoms with Gasteiger partial charge in [-0.1, -0.05) is 61.2 Å². The summed E-state index contributed by atoms with van der Waals surface area (Å²) in [5.41, 5.74) is 8.81. The van der Waals surface area contributed by atoms with Crippen LogP contribution in [0.3, 0.4) is 0 Å². The lowest BCUT2D eigenvalue weighted by atomic mass is 9.84. The number of carboxylic acid groups (broad SMARTS) is 1. The van der Waals surface area contributed by atoms with Crippen LogP contribution in [0.1, 0.15) is 174 Å². The standard InChI is InChI=1S/C28H34N2O5.C25H34ClFN2O4S.C20H22Cl2O6S2/c1-17-12-22(30-18(2)23(17)10-11-31)7-8-24-25(27(33)15-26(24)32)14-19-4-5-21(16-29)20(13-19)6-9-28(34)35-3;1-3-4-7-20(30)16-11-15(13-28-14-16)9-10-17-18(21(31)12-19(17)26)6-5-8-22-29-24(27)23(34-22)25(32)33-2;1-27-17-5-12(29-18(17)20(25)26)8-28-9-14-13(15(21)6-16(14)24)3-2-11-4-10(7-23)19(22)30-11/h4-5,12-13,24-25,27,31,33H,6-11,14-15H2,1-3H3;11,13-14,17-21,30-31H,3-10,12H2,1-2H3;4-6,13-14,16,23-24H,2-3,7-9H2,1H3,(H,25,26)/t24-,25-,27?;17-,18-,19?,20?,21?;13-,14-,16?/m111/s1. The first-order valence-corrected chi connectivity index (χ1v) is 37.0. The number of aryl methyl sites for hydroxylation is 7. The first kappa shape index (κ1) is 80.5. The Kier molecular flexibility index (Phi) is 32.2. The Bertz CT molecular complexity index is 3720. The molecule has 2 saturated carbocycles. The number of nitriles is 1. The molecule has 0 radical (unpaired) electrons. The van der Waals surface area contributed by atoms with Gasteiger partial charge >= 0.3 is 17.9 Å². The molecule has 9 rings (SSSR count). The Hall–Kier alpha value is -5.82. The number of ether oxygens (including phenoxy) is 4. The highest BCUT2D eigenvalue weighted by molar-refractivity contribution is 7.16. The zero-order valence-electron chi connectivity index (χ0n) is 56.6. The molecule has 0 spiro atoms. The maximum atomic E-state index is 13.9. The highest BCUT2D eigenvalue weighted by Gasteiger charge is 2.43. The predicted molar refractivity (Wildman–Crippen MR) is 379 cm³/mol. The molecule has 26 heteroatoms. The van der Waals surface area contributed by atoms with Crippen LogP contribution < -0.4 is 4.74 Å². The molecule has 2 fully saturated rings. The Balaban J connectivity index is 0.000000209. The predicted octanol–water partition coefficient (Wildman–Crippen LogP) is 12.7. The molecule has 7 N–H and O–H groups in total. The number of benzene rings is 1. The number of allylic oxidation sites excluding steroid dienone is 1. The van der Waals surface area contributed by atoms with Crippen molar-refractivity contribution in [1.29, 1.82) is 5.26 Å². The van der Waals surface area contributed by atoms with E-state index in [1.807, 2.05) is 50.4 Å². The number of pyridine rings is 2. The second-order valence-corrected chi connectivity index (χ2v) is 30.4. The Morgan fingerprint density at radius 2 is 1.57 bits per heavy atom. The second-order valence-electron chi connectivity index (χ2n) is 25.4. The minimum atomic E-state index is -1.04. The first-order chi connectivity index (χ1) is 47.4. The summed E-state index contributed by atoms with van der Waals surface area (Å²) in [6, 6.07) is 15.3. The van der Waals surface area contributed by atoms with Crippen LogP contribution in [0.25, 0.3) is 0 Å². The molecule has 3 aliphatic carbocycles. The number of carbonyl (C=O) groups excluding carboxylic acids is 3. The highest BCUT2D eigenvalue weighted by atomic mass is 35.5. The van der Waals surface area contributed by atoms with Crippen LogP contribution in [-0.4, -0.2) is 133 Å². The van der Waals surface area contributed by atoms with E-state index in [0.29, 0.717) is 70.6 Å². The molecule has 5 heterocycles. The number of aliphatic hydroxyl groups excluding tert-OH is 6. The number of esters is 2. The zero-order valence-corrected chi connectivity index (χ0v) is 61.3. The molecule has 99 heavy (non-hydrogen) atoms. The largest absolute Gasteiger partial charge is 0.495 e. The van der Waals surface area contributed by atoms with Crippen molar-refractivity contribution in [3.05, 3.63) is 157 Å². The average Bonchev–Trinajstić information content (AvgIpc) is 1.74. The van der Waals surface area contributed by atoms with E-state index < -0.39 is 42.3 Å². The number of aliphatic hydroxyl groups is 6. The molecule has 11 atom stereocenters. The number of aromatic carboxylic acids is 1. The van der Waals surface area contributed by atoms with Crippen LogP contribution in [0, 0.1) is 66.6 Å². The van der Waals surface area contributed by atoms with Crippen LogP contribution in [0.2, 0.25) is 4.34 Å². The van der Waals surface area contributed by atoms with Gasteiger partial charge in [-0.25, -0.2) is 14.6 Å². The molecule has 0 saturated heterocycles. The number of carboxylic acids is 1. The van der Waals surface area contributed by atoms with Crippen LogP contribution in [0.15, 0.2) is 66.0 Å². The number of nitrogens with zero attached hydrogens (tertiary/aromatic N) is 4. The van der Waals surface area contributed by atoms with E-state index in [0.717, 1.165) is 141 Å². The number of aromatic nitrogens is 3. The monoisotopic (exact) mass is 1480 g/mol. The molecular weight excluding hydrogens is 1390 g/mol. The van der Waals surface area contributed by atoms with Crippen molar-refractivity contribution in [2.75, 3.05) is 34.5 Å². The van der Waals surface area contributed by atoms with Gasteiger partial charge in [-0.2, -0.15) is 9.65 Å². The number of carbonyl (C=O) groups is 4. The smallest absolute Gasteiger partial charge is 0.352 e. The molecule has 3 aliphatic rings. The molecule has 0 bridgehead atoms. The van der Waals surface area contributed by atoms with Crippen molar-refractivity contribution < 1.29 is 78.3 Å². The third kappa shape index (κ3) is 22.6. The number of hydrogen-bond donors (Lipinski definition) is 7. The maximum Gasteiger partial charge on any atom is 0.352 e. The summed E-state index contributed by atoms with van der Waals surface area (Å²) in [7, 11) is 3.98. The van der Waals surface area contributed by atoms with E-state index in [1.54, 1.807) is 24.4 Å². The van der Waals surface area contributed by atoms with Gasteiger partial charge in [0.25, 0.3) is 0 Å². The number of thiophene rings is 2. The van der Waals surface area contributed by atoms with E-state index in [9.17, 15) is 64.6 Å². The number of halogens is 4. The number of ketones is 1. The van der Waals surface area contributed by atoms with Crippen molar-refractivity contribution in [2.24, 2.45) is 35.5 Å². The summed E-state index contributed by atoms with van der Waals surface area (Å²) >= 11 is 22.7. The fraction of sp³-hybridized carbons (Fsp3) is 0.534. The summed E-state index contributed by atoms with van der Waals surface area (Å²) < 4.78 is 34.6. The number of thiazole rings is 1. The van der Waals surface area contributed by atoms with Gasteiger partial charge in [0.05, 0.1) is 86.5 Å². The molecule has 5 aromatic heterocycles. The van der Waals surface area contributed by atoms with Gasteiger partial charge in [0.1, 0.15) is 11.5 Å². The van der Waals surface area contributed by atoms with E-state index in [2.05, 4.69) is 32.7 Å². The van der Waals surface area contributed by atoms with Gasteiger partial charge < -0.3 is 54.7 Å². The molecule has 0 amide bonds. The summed E-state index contributed by atoms with van der Waals surface area (Å²) in [5.74, 6) is -2.99. The average molecular weight is 1490 g/mol. The minimum Gasteiger partial charge on any atom is -0.495 e. The number of unbranched alkanes of at least 4 members (excludes halogenated alkanes) is 1. The molecule has 0 aliphatic heterocycles. The molecule has 6 aromatic rings. The van der Waals surface area contributed by atoms with Crippen molar-refractivity contribution in [3.63, 3.8) is 0 Å². The third-order valence-electron chi connectivity index (χ3n) is 18.8. The van der Waals surface area contributed by atoms with E-state index in [-0.39, 0.29) is 102 Å². The maximum absolute atomic E-state index is 13.9. The lowest BCUT2D eigenvalue weighted by Gasteiger charge is -2.23. The fourth-order valence-corrected chi connectivity index (χ4v) is 17.6. The van der Waals surface area contributed by atoms with Crippen LogP contribution in [-0.2, 0) is 82.0 Å². The highest BCUT2D eigenvalue weighted by Crippen LogP contribution is 2.43. The van der Waals surface area contributed by atoms with Crippen LogP contribution in [0.5, 0.6) is 5.75 Å². The second kappa shape index (κ2) is 39.6. The number of rotatable bonds is 32. The van der Waals surface area contributed by atoms with Crippen molar-refractivity contribution in [2.45, 2.75) is 179 Å². The molecule has 538 valence electrons. The van der Waals surface area contributed by atoms with E-state index >= 15 is 0 Å². The summed E-state index contributed by atoms with van der Waals surface area (Å²) in [6.45, 7) is 6.56. The van der Waals surface area contributed by atoms with Crippen LogP contribution in [0.4, 0.5) is 4.39 Å². The molecular formula is C73H90Cl3FN4O15S3. The first-order valence-electron chi connectivity index (χ1n) is 33.4. The topological polar surface area (TPSA) is 309 Å². The Labute approximate surface area is 605 Å². The van der Waals surface area contributed by atoms with Gasteiger partial charge in [-0.05, 0) is 185 Å². The van der Waals surface area contributed by atoms with Gasteiger partial charge in [-0.3, -0.25) is 19.6 Å². The lowest BCUT2D eigenvalue weighted by molar-refractivity contribution is -0.140. The molecule has 5 unspecified atom stereocenters. The van der Waals surface area contributed by atoms with Crippen molar-refractivity contribution >= 4 is 92.5 Å². The lowest BCUT2D eigenvalue weighted by Crippen LogP contribution is -2.26. The zero-order chi connectivity index (χ0) is 72.0. The van der Waals surface area contributed by atoms with Gasteiger partial charge in [0.15, 0.2) is 9.75 Å². The third-order valence-corrected chi connectivity index (χ3v) is 23.4. The summed E-state index contributed by atoms with van der Waals surface area (Å²) in [6.07, 6.45) is 14.3. The number of hydrogen-bond acceptors (Lipinski definition) is 21. The minimum absolute atomic E-state index is 0.0485.